The van der Waals surface area contributed by atoms with Crippen molar-refractivity contribution in [2.75, 3.05) is 12.9 Å². The summed E-state index contributed by atoms with van der Waals surface area (Å²) in [5.74, 6) is 1.85. The second-order valence-electron chi connectivity index (χ2n) is 5.35. The van der Waals surface area contributed by atoms with Gasteiger partial charge in [-0.3, -0.25) is 0 Å². The van der Waals surface area contributed by atoms with Gasteiger partial charge in [0.15, 0.2) is 10.9 Å². The lowest BCUT2D eigenvalue weighted by atomic mass is 10.1. The van der Waals surface area contributed by atoms with Crippen molar-refractivity contribution in [2.24, 2.45) is 0 Å². The van der Waals surface area contributed by atoms with Crippen LogP contribution in [0.1, 0.15) is 13.3 Å². The zero-order chi connectivity index (χ0) is 18.4. The van der Waals surface area contributed by atoms with E-state index in [-0.39, 0.29) is 5.82 Å². The number of rotatable bonds is 7. The van der Waals surface area contributed by atoms with Crippen molar-refractivity contribution in [3.8, 4) is 28.5 Å². The number of halogens is 1. The van der Waals surface area contributed by atoms with Crippen LogP contribution in [0.15, 0.2) is 54.1 Å². The zero-order valence-corrected chi connectivity index (χ0v) is 15.3. The number of nitrogens with zero attached hydrogens (tertiary/aromatic N) is 3. The van der Waals surface area contributed by atoms with E-state index in [1.54, 1.807) is 42.5 Å². The topological polar surface area (TPSA) is 57.1 Å². The van der Waals surface area contributed by atoms with E-state index in [4.69, 9.17) is 9.47 Å². The van der Waals surface area contributed by atoms with Crippen molar-refractivity contribution in [1.29, 1.82) is 0 Å². The van der Waals surface area contributed by atoms with Crippen LogP contribution in [0.3, 0.4) is 0 Å². The first-order chi connectivity index (χ1) is 12.7. The highest BCUT2D eigenvalue weighted by Gasteiger charge is 2.14. The average molecular weight is 371 g/mol. The molecule has 0 amide bonds. The molecule has 2 aromatic heterocycles. The molecule has 0 atom stereocenters. The molecule has 0 aliphatic rings. The van der Waals surface area contributed by atoms with Gasteiger partial charge in [0.25, 0.3) is 0 Å². The Kier molecular flexibility index (Phi) is 6.01. The Morgan fingerprint density at radius 2 is 1.88 bits per heavy atom. The van der Waals surface area contributed by atoms with E-state index >= 15 is 0 Å². The number of thioether (sulfide) groups is 1. The summed E-state index contributed by atoms with van der Waals surface area (Å²) >= 11 is 1.60. The Bertz CT molecular complexity index is 875. The van der Waals surface area contributed by atoms with Crippen LogP contribution < -0.4 is 9.47 Å². The molecular formula is C19H18FN3O2S. The van der Waals surface area contributed by atoms with Crippen molar-refractivity contribution < 1.29 is 13.9 Å². The van der Waals surface area contributed by atoms with Crippen molar-refractivity contribution in [1.82, 2.24) is 15.0 Å². The van der Waals surface area contributed by atoms with E-state index in [1.807, 2.05) is 6.07 Å². The fourth-order valence-corrected chi connectivity index (χ4v) is 2.94. The van der Waals surface area contributed by atoms with Crippen molar-refractivity contribution in [2.45, 2.75) is 18.5 Å². The highest BCUT2D eigenvalue weighted by molar-refractivity contribution is 7.99. The van der Waals surface area contributed by atoms with Gasteiger partial charge in [-0.2, -0.15) is 0 Å². The molecule has 26 heavy (non-hydrogen) atoms. The molecule has 134 valence electrons. The number of hydrogen-bond donors (Lipinski definition) is 0. The predicted octanol–water partition coefficient (Wildman–Crippen LogP) is 4.98. The summed E-state index contributed by atoms with van der Waals surface area (Å²) in [4.78, 5) is 12.9. The minimum atomic E-state index is -0.370. The molecule has 0 saturated carbocycles. The summed E-state index contributed by atoms with van der Waals surface area (Å²) in [6.07, 6.45) is 5.92. The Labute approximate surface area is 155 Å². The first kappa shape index (κ1) is 18.1. The third kappa shape index (κ3) is 4.29. The lowest BCUT2D eigenvalue weighted by Crippen LogP contribution is -1.96. The van der Waals surface area contributed by atoms with Crippen LogP contribution >= 0.6 is 11.8 Å². The largest absolute Gasteiger partial charge is 0.496 e. The number of aromatic nitrogens is 3. The average Bonchev–Trinajstić information content (AvgIpc) is 2.68. The third-order valence-corrected chi connectivity index (χ3v) is 4.56. The molecule has 0 unspecified atom stereocenters. The van der Waals surface area contributed by atoms with Crippen LogP contribution in [0.2, 0.25) is 0 Å². The maximum Gasteiger partial charge on any atom is 0.227 e. The van der Waals surface area contributed by atoms with E-state index < -0.39 is 0 Å². The van der Waals surface area contributed by atoms with E-state index in [2.05, 4.69) is 21.9 Å². The van der Waals surface area contributed by atoms with E-state index in [1.165, 1.54) is 19.2 Å². The monoisotopic (exact) mass is 371 g/mol. The number of hydrogen-bond acceptors (Lipinski definition) is 6. The number of pyridine rings is 1. The first-order valence-electron chi connectivity index (χ1n) is 8.13. The summed E-state index contributed by atoms with van der Waals surface area (Å²) in [5.41, 5.74) is 1.38. The zero-order valence-electron chi connectivity index (χ0n) is 14.5. The second-order valence-corrected chi connectivity index (χ2v) is 6.41. The Balaban J connectivity index is 1.88. The van der Waals surface area contributed by atoms with Gasteiger partial charge in [-0.25, -0.2) is 19.3 Å². The van der Waals surface area contributed by atoms with E-state index in [0.717, 1.165) is 12.2 Å². The van der Waals surface area contributed by atoms with Gasteiger partial charge in [0.05, 0.1) is 19.5 Å². The highest BCUT2D eigenvalue weighted by Crippen LogP contribution is 2.37. The summed E-state index contributed by atoms with van der Waals surface area (Å²) in [5, 5.41) is 0.709. The molecule has 3 aromatic rings. The van der Waals surface area contributed by atoms with Gasteiger partial charge < -0.3 is 9.47 Å². The minimum Gasteiger partial charge on any atom is -0.496 e. The van der Waals surface area contributed by atoms with Crippen LogP contribution in [-0.4, -0.2) is 27.8 Å². The standard InChI is InChI=1S/C19H18FN3O2S/c1-3-9-26-19-22-11-14(12-23-19)25-18-16(5-4-8-21-18)15-7-6-13(20)10-17(15)24-2/h4-8,10-12H,3,9H2,1-2H3. The number of methoxy groups -OCH3 is 1. The molecule has 0 saturated heterocycles. The van der Waals surface area contributed by atoms with E-state index in [0.29, 0.717) is 33.7 Å². The first-order valence-corrected chi connectivity index (χ1v) is 9.11. The van der Waals surface area contributed by atoms with Crippen LogP contribution in [0, 0.1) is 5.82 Å². The maximum absolute atomic E-state index is 13.5. The molecule has 0 bridgehead atoms. The van der Waals surface area contributed by atoms with Gasteiger partial charge in [0.1, 0.15) is 11.6 Å². The Morgan fingerprint density at radius 1 is 1.08 bits per heavy atom. The summed E-state index contributed by atoms with van der Waals surface area (Å²) in [6.45, 7) is 2.11. The van der Waals surface area contributed by atoms with Crippen molar-refractivity contribution in [3.63, 3.8) is 0 Å². The summed E-state index contributed by atoms with van der Waals surface area (Å²) in [6, 6.07) is 7.96. The fourth-order valence-electron chi connectivity index (χ4n) is 2.30. The number of benzene rings is 1. The predicted molar refractivity (Wildman–Crippen MR) is 99.3 cm³/mol. The molecule has 7 heteroatoms. The molecule has 5 nitrogen and oxygen atoms in total. The van der Waals surface area contributed by atoms with Gasteiger partial charge in [-0.15, -0.1) is 0 Å². The molecule has 2 heterocycles. The smallest absolute Gasteiger partial charge is 0.227 e. The maximum atomic E-state index is 13.5. The van der Waals surface area contributed by atoms with Gasteiger partial charge in [0, 0.05) is 29.1 Å². The van der Waals surface area contributed by atoms with Gasteiger partial charge in [0.2, 0.25) is 5.88 Å². The highest BCUT2D eigenvalue weighted by atomic mass is 32.2. The normalized spacial score (nSPS) is 10.6. The summed E-state index contributed by atoms with van der Waals surface area (Å²) < 4.78 is 24.6. The van der Waals surface area contributed by atoms with Gasteiger partial charge >= 0.3 is 0 Å². The molecule has 3 rings (SSSR count). The molecule has 1 aromatic carbocycles. The van der Waals surface area contributed by atoms with Crippen molar-refractivity contribution >= 4 is 11.8 Å². The molecule has 0 fully saturated rings. The lowest BCUT2D eigenvalue weighted by Gasteiger charge is -2.12. The number of ether oxygens (including phenoxy) is 2. The Hall–Kier alpha value is -2.67. The summed E-state index contributed by atoms with van der Waals surface area (Å²) in [7, 11) is 1.50. The lowest BCUT2D eigenvalue weighted by molar-refractivity contribution is 0.412. The molecule has 0 aliphatic carbocycles. The van der Waals surface area contributed by atoms with E-state index in [9.17, 15) is 4.39 Å². The molecule has 0 radical (unpaired) electrons. The molecule has 0 aliphatic heterocycles. The van der Waals surface area contributed by atoms with Crippen LogP contribution in [0.25, 0.3) is 11.1 Å². The molecule has 0 N–H and O–H groups in total. The minimum absolute atomic E-state index is 0.370. The second kappa shape index (κ2) is 8.62. The quantitative estimate of drug-likeness (QED) is 0.431. The fraction of sp³-hybridized carbons (Fsp3) is 0.211. The SMILES string of the molecule is CCCSc1ncc(Oc2ncccc2-c2ccc(F)cc2OC)cn1. The molecular weight excluding hydrogens is 353 g/mol. The Morgan fingerprint density at radius 3 is 2.62 bits per heavy atom. The molecule has 0 spiro atoms. The van der Waals surface area contributed by atoms with Crippen molar-refractivity contribution in [3.05, 3.63) is 54.7 Å². The van der Waals surface area contributed by atoms with Crippen LogP contribution in [-0.2, 0) is 0 Å². The van der Waals surface area contributed by atoms with Crippen LogP contribution in [0.4, 0.5) is 4.39 Å². The third-order valence-electron chi connectivity index (χ3n) is 3.48. The van der Waals surface area contributed by atoms with Crippen LogP contribution in [0.5, 0.6) is 17.4 Å². The van der Waals surface area contributed by atoms with Gasteiger partial charge in [-0.05, 0) is 30.7 Å². The van der Waals surface area contributed by atoms with Gasteiger partial charge in [-0.1, -0.05) is 18.7 Å².